The van der Waals surface area contributed by atoms with E-state index in [1.165, 1.54) is 6.26 Å². The van der Waals surface area contributed by atoms with Gasteiger partial charge >= 0.3 is 12.0 Å². The second-order valence-electron chi connectivity index (χ2n) is 5.81. The highest BCUT2D eigenvalue weighted by atomic mass is 16.4. The molecule has 4 N–H and O–H groups in total. The Balaban J connectivity index is 2.39. The summed E-state index contributed by atoms with van der Waals surface area (Å²) in [6.45, 7) is 5.29. The van der Waals surface area contributed by atoms with Crippen LogP contribution in [0.1, 0.15) is 33.0 Å². The van der Waals surface area contributed by atoms with Gasteiger partial charge in [0.1, 0.15) is 5.76 Å². The SMILES string of the molecule is CC(C)C(C)(CC(=O)O)NC(=O)CNC(=O)NCc1ccco1. The van der Waals surface area contributed by atoms with Gasteiger partial charge in [0, 0.05) is 0 Å². The van der Waals surface area contributed by atoms with Crippen molar-refractivity contribution in [2.75, 3.05) is 6.54 Å². The topological polar surface area (TPSA) is 121 Å². The highest BCUT2D eigenvalue weighted by molar-refractivity contribution is 5.84. The molecule has 1 heterocycles. The zero-order chi connectivity index (χ0) is 17.5. The molecule has 3 amide bonds. The molecular formula is C15H23N3O5. The Kier molecular flexibility index (Phi) is 6.62. The van der Waals surface area contributed by atoms with Crippen molar-refractivity contribution in [2.24, 2.45) is 5.92 Å². The molecule has 1 atom stereocenters. The third-order valence-electron chi connectivity index (χ3n) is 3.63. The Hall–Kier alpha value is -2.51. The normalized spacial score (nSPS) is 13.2. The molecule has 0 saturated heterocycles. The minimum absolute atomic E-state index is 0.0738. The standard InChI is InChI=1S/C15H23N3O5/c1-10(2)15(3,7-13(20)21)18-12(19)9-17-14(22)16-8-11-5-4-6-23-11/h4-6,10H,7-9H2,1-3H3,(H,18,19)(H,20,21)(H2,16,17,22). The number of furan rings is 1. The minimum Gasteiger partial charge on any atom is -0.481 e. The maximum absolute atomic E-state index is 11.9. The molecule has 1 unspecified atom stereocenters. The van der Waals surface area contributed by atoms with Gasteiger partial charge in [-0.05, 0) is 25.0 Å². The molecule has 1 rings (SSSR count). The van der Waals surface area contributed by atoms with Crippen molar-refractivity contribution >= 4 is 17.9 Å². The van der Waals surface area contributed by atoms with Gasteiger partial charge in [-0.15, -0.1) is 0 Å². The molecule has 8 nitrogen and oxygen atoms in total. The molecule has 1 aromatic heterocycles. The molecule has 23 heavy (non-hydrogen) atoms. The molecule has 0 aliphatic rings. The van der Waals surface area contributed by atoms with Crippen LogP contribution in [-0.4, -0.2) is 35.1 Å². The van der Waals surface area contributed by atoms with Crippen LogP contribution in [0, 0.1) is 5.92 Å². The van der Waals surface area contributed by atoms with E-state index >= 15 is 0 Å². The number of carbonyl (C=O) groups excluding carboxylic acids is 2. The monoisotopic (exact) mass is 325 g/mol. The summed E-state index contributed by atoms with van der Waals surface area (Å²) in [6.07, 6.45) is 1.30. The molecule has 0 aromatic carbocycles. The summed E-state index contributed by atoms with van der Waals surface area (Å²) in [7, 11) is 0. The van der Waals surface area contributed by atoms with Crippen LogP contribution in [-0.2, 0) is 16.1 Å². The van der Waals surface area contributed by atoms with Crippen LogP contribution in [0.25, 0.3) is 0 Å². The summed E-state index contributed by atoms with van der Waals surface area (Å²) < 4.78 is 5.06. The lowest BCUT2D eigenvalue weighted by molar-refractivity contribution is -0.139. The lowest BCUT2D eigenvalue weighted by Crippen LogP contribution is -2.54. The van der Waals surface area contributed by atoms with Crippen LogP contribution in [0.15, 0.2) is 22.8 Å². The first-order valence-corrected chi connectivity index (χ1v) is 7.30. The molecule has 0 bridgehead atoms. The number of hydrogen-bond acceptors (Lipinski definition) is 4. The van der Waals surface area contributed by atoms with Crippen molar-refractivity contribution in [2.45, 2.75) is 39.3 Å². The summed E-state index contributed by atoms with van der Waals surface area (Å²) in [4.78, 5) is 34.4. The Morgan fingerprint density at radius 3 is 2.52 bits per heavy atom. The number of urea groups is 1. The smallest absolute Gasteiger partial charge is 0.315 e. The number of carbonyl (C=O) groups is 3. The molecule has 0 fully saturated rings. The zero-order valence-electron chi connectivity index (χ0n) is 13.5. The van der Waals surface area contributed by atoms with Gasteiger partial charge in [-0.3, -0.25) is 9.59 Å². The Morgan fingerprint density at radius 1 is 1.30 bits per heavy atom. The maximum Gasteiger partial charge on any atom is 0.315 e. The van der Waals surface area contributed by atoms with Crippen molar-refractivity contribution < 1.29 is 23.9 Å². The van der Waals surface area contributed by atoms with E-state index in [-0.39, 0.29) is 25.4 Å². The Bertz CT molecular complexity index is 541. The number of hydrogen-bond donors (Lipinski definition) is 4. The molecule has 128 valence electrons. The average Bonchev–Trinajstić information content (AvgIpc) is 2.95. The number of carboxylic acids is 1. The van der Waals surface area contributed by atoms with Crippen molar-refractivity contribution in [3.63, 3.8) is 0 Å². The first-order valence-electron chi connectivity index (χ1n) is 7.30. The highest BCUT2D eigenvalue weighted by Gasteiger charge is 2.32. The van der Waals surface area contributed by atoms with E-state index in [1.807, 2.05) is 13.8 Å². The van der Waals surface area contributed by atoms with E-state index in [4.69, 9.17) is 9.52 Å². The third kappa shape index (κ3) is 6.41. The average molecular weight is 325 g/mol. The minimum atomic E-state index is -0.995. The van der Waals surface area contributed by atoms with Crippen LogP contribution < -0.4 is 16.0 Å². The largest absolute Gasteiger partial charge is 0.481 e. The van der Waals surface area contributed by atoms with Crippen LogP contribution >= 0.6 is 0 Å². The first-order chi connectivity index (χ1) is 10.7. The molecule has 0 saturated carbocycles. The van der Waals surface area contributed by atoms with Crippen LogP contribution in [0.5, 0.6) is 0 Å². The third-order valence-corrected chi connectivity index (χ3v) is 3.63. The van der Waals surface area contributed by atoms with E-state index in [1.54, 1.807) is 19.1 Å². The Morgan fingerprint density at radius 2 is 2.00 bits per heavy atom. The van der Waals surface area contributed by atoms with Gasteiger partial charge in [-0.2, -0.15) is 0 Å². The summed E-state index contributed by atoms with van der Waals surface area (Å²) >= 11 is 0. The van der Waals surface area contributed by atoms with E-state index < -0.39 is 23.4 Å². The lowest BCUT2D eigenvalue weighted by atomic mass is 9.85. The number of nitrogens with one attached hydrogen (secondary N) is 3. The second kappa shape index (κ2) is 8.21. The summed E-state index contributed by atoms with van der Waals surface area (Å²) in [5.41, 5.74) is -0.880. The summed E-state index contributed by atoms with van der Waals surface area (Å²) in [5, 5.41) is 16.6. The molecule has 1 aromatic rings. The quantitative estimate of drug-likeness (QED) is 0.570. The fourth-order valence-electron chi connectivity index (χ4n) is 1.87. The van der Waals surface area contributed by atoms with Crippen LogP contribution in [0.2, 0.25) is 0 Å². The van der Waals surface area contributed by atoms with Crippen molar-refractivity contribution in [1.29, 1.82) is 0 Å². The van der Waals surface area contributed by atoms with Gasteiger partial charge in [-0.1, -0.05) is 13.8 Å². The fourth-order valence-corrected chi connectivity index (χ4v) is 1.87. The van der Waals surface area contributed by atoms with Gasteiger partial charge in [0.25, 0.3) is 0 Å². The summed E-state index contributed by atoms with van der Waals surface area (Å²) in [6, 6.07) is 2.91. The van der Waals surface area contributed by atoms with E-state index in [9.17, 15) is 14.4 Å². The highest BCUT2D eigenvalue weighted by Crippen LogP contribution is 2.20. The van der Waals surface area contributed by atoms with E-state index in [0.29, 0.717) is 5.76 Å². The van der Waals surface area contributed by atoms with Gasteiger partial charge < -0.3 is 25.5 Å². The van der Waals surface area contributed by atoms with Gasteiger partial charge in [0.2, 0.25) is 5.91 Å². The lowest BCUT2D eigenvalue weighted by Gasteiger charge is -2.33. The van der Waals surface area contributed by atoms with Crippen molar-refractivity contribution in [1.82, 2.24) is 16.0 Å². The van der Waals surface area contributed by atoms with Crippen LogP contribution in [0.3, 0.4) is 0 Å². The zero-order valence-corrected chi connectivity index (χ0v) is 13.5. The number of aliphatic carboxylic acids is 1. The van der Waals surface area contributed by atoms with Crippen molar-refractivity contribution in [3.05, 3.63) is 24.2 Å². The molecular weight excluding hydrogens is 302 g/mol. The number of amides is 3. The predicted octanol–water partition coefficient (Wildman–Crippen LogP) is 1.08. The summed E-state index contributed by atoms with van der Waals surface area (Å²) in [5.74, 6) is -0.921. The van der Waals surface area contributed by atoms with Crippen LogP contribution in [0.4, 0.5) is 4.79 Å². The molecule has 0 radical (unpaired) electrons. The predicted molar refractivity (Wildman–Crippen MR) is 82.6 cm³/mol. The second-order valence-corrected chi connectivity index (χ2v) is 5.81. The maximum atomic E-state index is 11.9. The Labute approximate surface area is 134 Å². The molecule has 0 aliphatic heterocycles. The number of rotatable bonds is 8. The van der Waals surface area contributed by atoms with Gasteiger partial charge in [0.15, 0.2) is 0 Å². The molecule has 0 aliphatic carbocycles. The number of carboxylic acid groups (broad SMARTS) is 1. The van der Waals surface area contributed by atoms with Crippen molar-refractivity contribution in [3.8, 4) is 0 Å². The van der Waals surface area contributed by atoms with E-state index in [0.717, 1.165) is 0 Å². The molecule has 0 spiro atoms. The fraction of sp³-hybridized carbons (Fsp3) is 0.533. The molecule has 8 heteroatoms. The first kappa shape index (κ1) is 18.5. The van der Waals surface area contributed by atoms with Gasteiger partial charge in [0.05, 0.1) is 31.3 Å². The van der Waals surface area contributed by atoms with Gasteiger partial charge in [-0.25, -0.2) is 4.79 Å². The van der Waals surface area contributed by atoms with E-state index in [2.05, 4.69) is 16.0 Å².